The summed E-state index contributed by atoms with van der Waals surface area (Å²) in [7, 11) is 3.16. The van der Waals surface area contributed by atoms with Gasteiger partial charge in [0.2, 0.25) is 0 Å². The van der Waals surface area contributed by atoms with Crippen molar-refractivity contribution < 1.29 is 9.53 Å². The van der Waals surface area contributed by atoms with E-state index in [4.69, 9.17) is 0 Å². The van der Waals surface area contributed by atoms with E-state index in [0.29, 0.717) is 18.4 Å². The minimum absolute atomic E-state index is 0.205. The van der Waals surface area contributed by atoms with E-state index in [-0.39, 0.29) is 5.97 Å². The van der Waals surface area contributed by atoms with E-state index in [2.05, 4.69) is 34.2 Å². The number of nitrogens with one attached hydrogen (secondary N) is 2. The van der Waals surface area contributed by atoms with Gasteiger partial charge >= 0.3 is 5.97 Å². The van der Waals surface area contributed by atoms with Gasteiger partial charge in [-0.15, -0.1) is 0 Å². The van der Waals surface area contributed by atoms with Crippen molar-refractivity contribution in [3.05, 3.63) is 0 Å². The van der Waals surface area contributed by atoms with Crippen LogP contribution < -0.4 is 10.6 Å². The number of guanidine groups is 1. The number of carbonyl (C=O) groups is 1. The highest BCUT2D eigenvalue weighted by atomic mass is 16.5. The maximum atomic E-state index is 11.1. The molecule has 116 valence electrons. The summed E-state index contributed by atoms with van der Waals surface area (Å²) in [6, 6.07) is 0. The fourth-order valence-electron chi connectivity index (χ4n) is 2.87. The molecule has 0 aromatic carbocycles. The number of ether oxygens (including phenoxy) is 1. The Balaban J connectivity index is 2.32. The normalized spacial score (nSPS) is 17.6. The van der Waals surface area contributed by atoms with Crippen LogP contribution >= 0.6 is 0 Å². The molecule has 0 saturated heterocycles. The van der Waals surface area contributed by atoms with Crippen LogP contribution in [0.3, 0.4) is 0 Å². The van der Waals surface area contributed by atoms with Crippen molar-refractivity contribution in [2.45, 2.75) is 46.0 Å². The number of methoxy groups -OCH3 is 1. The molecular formula is C15H29N3O2. The third kappa shape index (κ3) is 5.39. The lowest BCUT2D eigenvalue weighted by Crippen LogP contribution is -2.47. The molecule has 0 aliphatic heterocycles. The Hall–Kier alpha value is -1.26. The molecule has 0 aromatic rings. The van der Waals surface area contributed by atoms with Crippen LogP contribution in [0.4, 0.5) is 0 Å². The largest absolute Gasteiger partial charge is 0.469 e. The van der Waals surface area contributed by atoms with Crippen molar-refractivity contribution in [3.63, 3.8) is 0 Å². The van der Waals surface area contributed by atoms with E-state index in [0.717, 1.165) is 18.4 Å². The summed E-state index contributed by atoms with van der Waals surface area (Å²) in [5.74, 6) is 1.29. The number of aliphatic imine (C=N–C) groups is 1. The predicted molar refractivity (Wildman–Crippen MR) is 81.7 cm³/mol. The second kappa shape index (κ2) is 8.12. The summed E-state index contributed by atoms with van der Waals surface area (Å²) in [6.45, 7) is 6.07. The summed E-state index contributed by atoms with van der Waals surface area (Å²) >= 11 is 0. The molecule has 0 heterocycles. The van der Waals surface area contributed by atoms with Crippen molar-refractivity contribution in [2.75, 3.05) is 27.2 Å². The summed E-state index contributed by atoms with van der Waals surface area (Å²) in [4.78, 5) is 15.2. The molecule has 2 N–H and O–H groups in total. The lowest BCUT2D eigenvalue weighted by atomic mass is 9.64. The molecule has 0 aromatic heterocycles. The topological polar surface area (TPSA) is 62.7 Å². The smallest absolute Gasteiger partial charge is 0.307 e. The first-order chi connectivity index (χ1) is 9.51. The van der Waals surface area contributed by atoms with Crippen LogP contribution in [0.5, 0.6) is 0 Å². The van der Waals surface area contributed by atoms with E-state index in [1.165, 1.54) is 32.8 Å². The quantitative estimate of drug-likeness (QED) is 0.426. The van der Waals surface area contributed by atoms with Crippen molar-refractivity contribution in [1.29, 1.82) is 0 Å². The SMILES string of the molecule is CN=C(NCCC(=O)OC)NCC1(CC(C)C)CCC1. The first kappa shape index (κ1) is 16.8. The number of esters is 1. The zero-order valence-electron chi connectivity index (χ0n) is 13.3. The molecule has 5 nitrogen and oxygen atoms in total. The average molecular weight is 283 g/mol. The number of carbonyl (C=O) groups excluding carboxylic acids is 1. The number of rotatable bonds is 7. The lowest BCUT2D eigenvalue weighted by Gasteiger charge is -2.43. The Kier molecular flexibility index (Phi) is 6.82. The molecule has 0 bridgehead atoms. The third-order valence-corrected chi connectivity index (χ3v) is 3.96. The average Bonchev–Trinajstić information content (AvgIpc) is 2.38. The molecule has 0 amide bonds. The van der Waals surface area contributed by atoms with Gasteiger partial charge in [0.05, 0.1) is 13.5 Å². The van der Waals surface area contributed by atoms with Gasteiger partial charge in [0, 0.05) is 20.1 Å². The summed E-state index contributed by atoms with van der Waals surface area (Å²) < 4.78 is 4.61. The van der Waals surface area contributed by atoms with E-state index in [1.807, 2.05) is 0 Å². The molecule has 1 rings (SSSR count). The highest BCUT2D eigenvalue weighted by molar-refractivity contribution is 5.80. The molecule has 0 radical (unpaired) electrons. The highest BCUT2D eigenvalue weighted by Gasteiger charge is 2.37. The second-order valence-corrected chi connectivity index (χ2v) is 6.13. The van der Waals surface area contributed by atoms with Crippen LogP contribution in [-0.2, 0) is 9.53 Å². The molecule has 1 aliphatic rings. The van der Waals surface area contributed by atoms with Crippen LogP contribution in [0, 0.1) is 11.3 Å². The van der Waals surface area contributed by atoms with Gasteiger partial charge in [-0.2, -0.15) is 0 Å². The molecule has 0 unspecified atom stereocenters. The summed E-state index contributed by atoms with van der Waals surface area (Å²) in [5, 5.41) is 6.54. The number of nitrogens with zero attached hydrogens (tertiary/aromatic N) is 1. The minimum Gasteiger partial charge on any atom is -0.469 e. The van der Waals surface area contributed by atoms with Crippen molar-refractivity contribution >= 4 is 11.9 Å². The van der Waals surface area contributed by atoms with Crippen LogP contribution in [0.1, 0.15) is 46.0 Å². The lowest BCUT2D eigenvalue weighted by molar-refractivity contribution is -0.140. The second-order valence-electron chi connectivity index (χ2n) is 6.13. The molecule has 0 spiro atoms. The van der Waals surface area contributed by atoms with Crippen molar-refractivity contribution in [2.24, 2.45) is 16.3 Å². The molecule has 0 atom stereocenters. The van der Waals surface area contributed by atoms with Gasteiger partial charge in [-0.25, -0.2) is 0 Å². The van der Waals surface area contributed by atoms with Gasteiger partial charge in [0.1, 0.15) is 0 Å². The monoisotopic (exact) mass is 283 g/mol. The maximum absolute atomic E-state index is 11.1. The zero-order valence-corrected chi connectivity index (χ0v) is 13.3. The Morgan fingerprint density at radius 3 is 2.50 bits per heavy atom. The fourth-order valence-corrected chi connectivity index (χ4v) is 2.87. The van der Waals surface area contributed by atoms with Crippen LogP contribution in [0.15, 0.2) is 4.99 Å². The van der Waals surface area contributed by atoms with Crippen molar-refractivity contribution in [1.82, 2.24) is 10.6 Å². The van der Waals surface area contributed by atoms with E-state index >= 15 is 0 Å². The third-order valence-electron chi connectivity index (χ3n) is 3.96. The predicted octanol–water partition coefficient (Wildman–Crippen LogP) is 1.93. The molecule has 1 aliphatic carbocycles. The first-order valence-electron chi connectivity index (χ1n) is 7.53. The Bertz CT molecular complexity index is 336. The first-order valence-corrected chi connectivity index (χ1v) is 7.53. The summed E-state index contributed by atoms with van der Waals surface area (Å²) in [5.41, 5.74) is 0.439. The van der Waals surface area contributed by atoms with Gasteiger partial charge in [0.15, 0.2) is 5.96 Å². The van der Waals surface area contributed by atoms with Crippen LogP contribution in [0.2, 0.25) is 0 Å². The minimum atomic E-state index is -0.205. The van der Waals surface area contributed by atoms with Gasteiger partial charge in [-0.05, 0) is 30.6 Å². The Morgan fingerprint density at radius 2 is 2.05 bits per heavy atom. The maximum Gasteiger partial charge on any atom is 0.307 e. The molecular weight excluding hydrogens is 254 g/mol. The van der Waals surface area contributed by atoms with E-state index < -0.39 is 0 Å². The van der Waals surface area contributed by atoms with Crippen LogP contribution in [0.25, 0.3) is 0 Å². The zero-order chi connectivity index (χ0) is 15.0. The van der Waals surface area contributed by atoms with Gasteiger partial charge in [0.25, 0.3) is 0 Å². The Labute approximate surface area is 122 Å². The highest BCUT2D eigenvalue weighted by Crippen LogP contribution is 2.45. The van der Waals surface area contributed by atoms with E-state index in [1.54, 1.807) is 7.05 Å². The number of hydrogen-bond donors (Lipinski definition) is 2. The van der Waals surface area contributed by atoms with Crippen LogP contribution in [-0.4, -0.2) is 39.2 Å². The van der Waals surface area contributed by atoms with Gasteiger partial charge in [-0.3, -0.25) is 9.79 Å². The van der Waals surface area contributed by atoms with E-state index in [9.17, 15) is 4.79 Å². The molecule has 1 saturated carbocycles. The number of hydrogen-bond acceptors (Lipinski definition) is 3. The fraction of sp³-hybridized carbons (Fsp3) is 0.867. The molecule has 20 heavy (non-hydrogen) atoms. The van der Waals surface area contributed by atoms with Gasteiger partial charge in [-0.1, -0.05) is 20.3 Å². The molecule has 5 heteroatoms. The standard InChI is InChI=1S/C15H29N3O2/c1-12(2)10-15(7-5-8-15)11-18-14(16-3)17-9-6-13(19)20-4/h12H,5-11H2,1-4H3,(H2,16,17,18). The Morgan fingerprint density at radius 1 is 1.35 bits per heavy atom. The summed E-state index contributed by atoms with van der Waals surface area (Å²) in [6.07, 6.45) is 5.56. The molecule has 1 fully saturated rings. The van der Waals surface area contributed by atoms with Gasteiger partial charge < -0.3 is 15.4 Å². The van der Waals surface area contributed by atoms with Crippen molar-refractivity contribution in [3.8, 4) is 0 Å².